The highest BCUT2D eigenvalue weighted by molar-refractivity contribution is 9.10. The van der Waals surface area contributed by atoms with Crippen molar-refractivity contribution in [1.29, 1.82) is 0 Å². The fourth-order valence-corrected chi connectivity index (χ4v) is 2.42. The molecule has 2 aromatic rings. The third-order valence-electron chi connectivity index (χ3n) is 2.82. The number of alkyl halides is 3. The molecule has 0 bridgehead atoms. The van der Waals surface area contributed by atoms with E-state index in [0.717, 1.165) is 12.1 Å². The largest absolute Gasteiger partial charge is 0.573 e. The van der Waals surface area contributed by atoms with Crippen molar-refractivity contribution in [3.05, 3.63) is 46.2 Å². The Morgan fingerprint density at radius 1 is 1.33 bits per heavy atom. The molecule has 2 rings (SSSR count). The van der Waals surface area contributed by atoms with Crippen LogP contribution in [0.15, 0.2) is 34.9 Å². The summed E-state index contributed by atoms with van der Waals surface area (Å²) in [5.41, 5.74) is 0.988. The molecule has 4 nitrogen and oxygen atoms in total. The first-order chi connectivity index (χ1) is 9.81. The summed E-state index contributed by atoms with van der Waals surface area (Å²) >= 11 is 3.29. The molecule has 0 aliphatic rings. The van der Waals surface area contributed by atoms with E-state index in [1.165, 1.54) is 12.1 Å². The van der Waals surface area contributed by atoms with Crippen molar-refractivity contribution in [1.82, 2.24) is 9.78 Å². The summed E-state index contributed by atoms with van der Waals surface area (Å²) in [4.78, 5) is 0. The molecule has 1 aromatic heterocycles. The summed E-state index contributed by atoms with van der Waals surface area (Å²) < 4.78 is 42.3. The van der Waals surface area contributed by atoms with Gasteiger partial charge >= 0.3 is 6.36 Å². The second-order valence-electron chi connectivity index (χ2n) is 4.21. The van der Waals surface area contributed by atoms with E-state index in [4.69, 9.17) is 0 Å². The lowest BCUT2D eigenvalue weighted by molar-refractivity contribution is -0.274. The van der Waals surface area contributed by atoms with Crippen LogP contribution < -0.4 is 4.74 Å². The molecule has 0 spiro atoms. The highest BCUT2D eigenvalue weighted by Gasteiger charge is 2.31. The number of hydrogen-bond acceptors (Lipinski definition) is 3. The van der Waals surface area contributed by atoms with E-state index in [9.17, 15) is 18.3 Å². The molecule has 0 aliphatic heterocycles. The Labute approximate surface area is 127 Å². The van der Waals surface area contributed by atoms with Crippen LogP contribution in [-0.2, 0) is 6.54 Å². The number of aromatic nitrogens is 2. The molecular weight excluding hydrogens is 353 g/mol. The molecule has 21 heavy (non-hydrogen) atoms. The highest BCUT2D eigenvalue weighted by atomic mass is 79.9. The Balaban J connectivity index is 2.24. The lowest BCUT2D eigenvalue weighted by Gasteiger charge is -2.15. The number of ether oxygens (including phenoxy) is 1. The zero-order chi connectivity index (χ0) is 15.6. The van der Waals surface area contributed by atoms with Gasteiger partial charge in [0.1, 0.15) is 11.9 Å². The van der Waals surface area contributed by atoms with Crippen LogP contribution in [0.25, 0.3) is 0 Å². The predicted molar refractivity (Wildman–Crippen MR) is 72.8 cm³/mol. The van der Waals surface area contributed by atoms with Crippen molar-refractivity contribution < 1.29 is 23.0 Å². The minimum atomic E-state index is -4.73. The van der Waals surface area contributed by atoms with Gasteiger partial charge in [-0.1, -0.05) is 12.1 Å². The van der Waals surface area contributed by atoms with Gasteiger partial charge in [0.25, 0.3) is 0 Å². The minimum Gasteiger partial charge on any atom is -0.406 e. The minimum absolute atomic E-state index is 0.332. The molecule has 0 amide bonds. The molecule has 0 saturated carbocycles. The van der Waals surface area contributed by atoms with Gasteiger partial charge in [-0.25, -0.2) is 0 Å². The van der Waals surface area contributed by atoms with E-state index < -0.39 is 12.5 Å². The van der Waals surface area contributed by atoms with Crippen LogP contribution in [0.5, 0.6) is 5.75 Å². The van der Waals surface area contributed by atoms with Crippen LogP contribution >= 0.6 is 15.9 Å². The molecule has 0 aliphatic carbocycles. The van der Waals surface area contributed by atoms with Crippen molar-refractivity contribution in [3.8, 4) is 5.75 Å². The average Bonchev–Trinajstić information content (AvgIpc) is 2.78. The lowest BCUT2D eigenvalue weighted by atomic mass is 10.1. The molecule has 0 fully saturated rings. The summed E-state index contributed by atoms with van der Waals surface area (Å²) in [6, 6.07) is 5.08. The number of rotatable bonds is 4. The Morgan fingerprint density at radius 3 is 2.48 bits per heavy atom. The second kappa shape index (κ2) is 6.07. The van der Waals surface area contributed by atoms with Crippen molar-refractivity contribution >= 4 is 15.9 Å². The van der Waals surface area contributed by atoms with Crippen molar-refractivity contribution in [3.63, 3.8) is 0 Å². The van der Waals surface area contributed by atoms with E-state index in [1.54, 1.807) is 10.9 Å². The molecule has 1 heterocycles. The summed E-state index contributed by atoms with van der Waals surface area (Å²) in [5.74, 6) is -0.332. The Hall–Kier alpha value is -1.54. The molecule has 0 saturated heterocycles. The highest BCUT2D eigenvalue weighted by Crippen LogP contribution is 2.30. The number of aryl methyl sites for hydroxylation is 1. The van der Waals surface area contributed by atoms with Crippen LogP contribution in [0.4, 0.5) is 13.2 Å². The number of benzene rings is 1. The second-order valence-corrected chi connectivity index (χ2v) is 5.07. The Morgan fingerprint density at radius 2 is 1.95 bits per heavy atom. The van der Waals surface area contributed by atoms with E-state index in [1.807, 2.05) is 6.92 Å². The summed E-state index contributed by atoms with van der Waals surface area (Å²) in [6.45, 7) is 2.43. The first-order valence-corrected chi connectivity index (χ1v) is 6.86. The first kappa shape index (κ1) is 15.8. The first-order valence-electron chi connectivity index (χ1n) is 6.06. The third-order valence-corrected chi connectivity index (χ3v) is 3.43. The van der Waals surface area contributed by atoms with Gasteiger partial charge in [-0.2, -0.15) is 5.10 Å². The topological polar surface area (TPSA) is 47.3 Å². The molecular formula is C13H12BrF3N2O2. The van der Waals surface area contributed by atoms with E-state index in [0.29, 0.717) is 22.3 Å². The van der Waals surface area contributed by atoms with Crippen molar-refractivity contribution in [2.45, 2.75) is 25.9 Å². The van der Waals surface area contributed by atoms with Crippen LogP contribution in [-0.4, -0.2) is 21.2 Å². The molecule has 8 heteroatoms. The number of hydrogen-bond donors (Lipinski definition) is 1. The molecule has 0 radical (unpaired) electrons. The van der Waals surface area contributed by atoms with Crippen molar-refractivity contribution in [2.24, 2.45) is 0 Å². The van der Waals surface area contributed by atoms with Gasteiger partial charge in [0.2, 0.25) is 0 Å². The molecule has 114 valence electrons. The van der Waals surface area contributed by atoms with Gasteiger partial charge < -0.3 is 9.84 Å². The fourth-order valence-electron chi connectivity index (χ4n) is 1.91. The number of nitrogens with zero attached hydrogens (tertiary/aromatic N) is 2. The molecule has 1 N–H and O–H groups in total. The number of halogens is 4. The third kappa shape index (κ3) is 3.76. The maximum absolute atomic E-state index is 12.1. The number of aliphatic hydroxyl groups is 1. The SMILES string of the molecule is CCn1ncc(Br)c1C(O)c1ccc(OC(F)(F)F)cc1. The lowest BCUT2D eigenvalue weighted by Crippen LogP contribution is -2.17. The zero-order valence-electron chi connectivity index (χ0n) is 10.9. The van der Waals surface area contributed by atoms with Crippen LogP contribution in [0.1, 0.15) is 24.3 Å². The summed E-state index contributed by atoms with van der Waals surface area (Å²) in [6.07, 6.45) is -4.17. The van der Waals surface area contributed by atoms with Gasteiger partial charge in [0, 0.05) is 6.54 Å². The van der Waals surface area contributed by atoms with Crippen LogP contribution in [0, 0.1) is 0 Å². The van der Waals surface area contributed by atoms with Crippen molar-refractivity contribution in [2.75, 3.05) is 0 Å². The summed E-state index contributed by atoms with van der Waals surface area (Å²) in [5, 5.41) is 14.4. The Kier molecular flexibility index (Phi) is 4.58. The van der Waals surface area contributed by atoms with Gasteiger partial charge in [0.15, 0.2) is 0 Å². The quantitative estimate of drug-likeness (QED) is 0.900. The van der Waals surface area contributed by atoms with E-state index in [-0.39, 0.29) is 5.75 Å². The Bertz CT molecular complexity index is 611. The number of aliphatic hydroxyl groups excluding tert-OH is 1. The normalized spacial score (nSPS) is 13.2. The maximum Gasteiger partial charge on any atom is 0.573 e. The fraction of sp³-hybridized carbons (Fsp3) is 0.308. The molecule has 1 atom stereocenters. The summed E-state index contributed by atoms with van der Waals surface area (Å²) in [7, 11) is 0. The van der Waals surface area contributed by atoms with Gasteiger partial charge in [-0.15, -0.1) is 13.2 Å². The van der Waals surface area contributed by atoms with E-state index in [2.05, 4.69) is 25.8 Å². The zero-order valence-corrected chi connectivity index (χ0v) is 12.5. The van der Waals surface area contributed by atoms with Crippen LogP contribution in [0.3, 0.4) is 0 Å². The van der Waals surface area contributed by atoms with Gasteiger partial charge in [-0.3, -0.25) is 4.68 Å². The average molecular weight is 365 g/mol. The standard InChI is InChI=1S/C13H12BrF3N2O2/c1-2-19-11(10(14)7-18-19)12(20)8-3-5-9(6-4-8)21-13(15,16)17/h3-7,12,20H,2H2,1H3. The van der Waals surface area contributed by atoms with Crippen LogP contribution in [0.2, 0.25) is 0 Å². The molecule has 1 unspecified atom stereocenters. The predicted octanol–water partition coefficient (Wildman–Crippen LogP) is 3.65. The molecule has 1 aromatic carbocycles. The monoisotopic (exact) mass is 364 g/mol. The maximum atomic E-state index is 12.1. The van der Waals surface area contributed by atoms with E-state index >= 15 is 0 Å². The smallest absolute Gasteiger partial charge is 0.406 e. The van der Waals surface area contributed by atoms with Gasteiger partial charge in [-0.05, 0) is 40.5 Å². The van der Waals surface area contributed by atoms with Gasteiger partial charge in [0.05, 0.1) is 16.4 Å².